The number of thiophene rings is 1. The van der Waals surface area contributed by atoms with Gasteiger partial charge in [0.15, 0.2) is 0 Å². The SMILES string of the molecule is COC(=O)C1(C)NC(=O)c2sc(-c3ccncc3)cc2N1. The smallest absolute Gasteiger partial charge is 0.352 e. The van der Waals surface area contributed by atoms with Crippen molar-refractivity contribution in [3.8, 4) is 10.4 Å². The second-order valence-corrected chi connectivity index (χ2v) is 5.84. The molecule has 0 saturated heterocycles. The number of methoxy groups -OCH3 is 1. The van der Waals surface area contributed by atoms with Crippen LogP contribution in [-0.2, 0) is 9.53 Å². The van der Waals surface area contributed by atoms with E-state index in [2.05, 4.69) is 15.6 Å². The first-order chi connectivity index (χ1) is 10.0. The van der Waals surface area contributed by atoms with Gasteiger partial charge in [-0.05, 0) is 30.7 Å². The second kappa shape index (κ2) is 4.85. The second-order valence-electron chi connectivity index (χ2n) is 4.79. The van der Waals surface area contributed by atoms with Gasteiger partial charge in [0.2, 0.25) is 5.66 Å². The number of ether oxygens (including phenoxy) is 1. The number of amides is 1. The van der Waals surface area contributed by atoms with Crippen molar-refractivity contribution in [2.45, 2.75) is 12.6 Å². The Bertz CT molecular complexity index is 714. The van der Waals surface area contributed by atoms with E-state index >= 15 is 0 Å². The predicted octanol–water partition coefficient (Wildman–Crippen LogP) is 1.85. The molecule has 0 aromatic carbocycles. The summed E-state index contributed by atoms with van der Waals surface area (Å²) in [6.07, 6.45) is 3.39. The number of rotatable bonds is 2. The number of esters is 1. The monoisotopic (exact) mass is 303 g/mol. The zero-order valence-electron chi connectivity index (χ0n) is 11.5. The van der Waals surface area contributed by atoms with Crippen molar-refractivity contribution in [2.75, 3.05) is 12.4 Å². The van der Waals surface area contributed by atoms with Gasteiger partial charge in [-0.2, -0.15) is 0 Å². The molecule has 2 aromatic rings. The molecule has 2 N–H and O–H groups in total. The van der Waals surface area contributed by atoms with Gasteiger partial charge in [-0.1, -0.05) is 0 Å². The van der Waals surface area contributed by atoms with E-state index < -0.39 is 11.6 Å². The number of aromatic nitrogens is 1. The number of pyridine rings is 1. The van der Waals surface area contributed by atoms with Gasteiger partial charge in [0, 0.05) is 17.3 Å². The summed E-state index contributed by atoms with van der Waals surface area (Å²) >= 11 is 1.36. The fourth-order valence-corrected chi connectivity index (χ4v) is 3.22. The summed E-state index contributed by atoms with van der Waals surface area (Å²) in [6.45, 7) is 1.57. The lowest BCUT2D eigenvalue weighted by Crippen LogP contribution is -2.60. The Morgan fingerprint density at radius 3 is 2.71 bits per heavy atom. The van der Waals surface area contributed by atoms with E-state index in [1.807, 2.05) is 18.2 Å². The van der Waals surface area contributed by atoms with Crippen molar-refractivity contribution < 1.29 is 14.3 Å². The van der Waals surface area contributed by atoms with Crippen molar-refractivity contribution in [3.05, 3.63) is 35.5 Å². The minimum atomic E-state index is -1.25. The van der Waals surface area contributed by atoms with Crippen molar-refractivity contribution in [2.24, 2.45) is 0 Å². The third-order valence-corrected chi connectivity index (χ3v) is 4.43. The van der Waals surface area contributed by atoms with Crippen LogP contribution in [-0.4, -0.2) is 29.6 Å². The molecule has 108 valence electrons. The van der Waals surface area contributed by atoms with Crippen LogP contribution in [0, 0.1) is 0 Å². The fraction of sp³-hybridized carbons (Fsp3) is 0.214. The number of carbonyl (C=O) groups excluding carboxylic acids is 2. The summed E-state index contributed by atoms with van der Waals surface area (Å²) in [4.78, 5) is 29.5. The van der Waals surface area contributed by atoms with E-state index in [-0.39, 0.29) is 5.91 Å². The zero-order chi connectivity index (χ0) is 15.0. The van der Waals surface area contributed by atoms with Crippen molar-refractivity contribution in [1.82, 2.24) is 10.3 Å². The highest BCUT2D eigenvalue weighted by Gasteiger charge is 2.41. The highest BCUT2D eigenvalue weighted by molar-refractivity contribution is 7.18. The molecule has 0 saturated carbocycles. The molecule has 0 aliphatic carbocycles. The molecule has 3 heterocycles. The average Bonchev–Trinajstić information content (AvgIpc) is 2.91. The van der Waals surface area contributed by atoms with Crippen molar-refractivity contribution in [1.29, 1.82) is 0 Å². The Hall–Kier alpha value is -2.41. The Balaban J connectivity index is 2.01. The number of nitrogens with one attached hydrogen (secondary N) is 2. The van der Waals surface area contributed by atoms with Crippen LogP contribution >= 0.6 is 11.3 Å². The number of hydrogen-bond acceptors (Lipinski definition) is 6. The van der Waals surface area contributed by atoms with Crippen LogP contribution in [0.1, 0.15) is 16.6 Å². The van der Waals surface area contributed by atoms with Gasteiger partial charge in [0.05, 0.1) is 12.8 Å². The molecule has 1 aliphatic rings. The summed E-state index contributed by atoms with van der Waals surface area (Å²) in [5.74, 6) is -0.833. The summed E-state index contributed by atoms with van der Waals surface area (Å²) < 4.78 is 4.73. The van der Waals surface area contributed by atoms with Crippen LogP contribution in [0.15, 0.2) is 30.6 Å². The first kappa shape index (κ1) is 13.6. The van der Waals surface area contributed by atoms with Crippen LogP contribution in [0.25, 0.3) is 10.4 Å². The van der Waals surface area contributed by atoms with E-state index in [0.717, 1.165) is 10.4 Å². The lowest BCUT2D eigenvalue weighted by atomic mass is 10.1. The van der Waals surface area contributed by atoms with Crippen LogP contribution in [0.3, 0.4) is 0 Å². The number of anilines is 1. The van der Waals surface area contributed by atoms with Crippen molar-refractivity contribution >= 4 is 28.9 Å². The third kappa shape index (κ3) is 2.25. The highest BCUT2D eigenvalue weighted by atomic mass is 32.1. The Morgan fingerprint density at radius 1 is 1.33 bits per heavy atom. The molecule has 0 bridgehead atoms. The molecule has 1 amide bonds. The van der Waals surface area contributed by atoms with Gasteiger partial charge >= 0.3 is 5.97 Å². The number of carbonyl (C=O) groups is 2. The van der Waals surface area contributed by atoms with Gasteiger partial charge < -0.3 is 15.4 Å². The average molecular weight is 303 g/mol. The minimum Gasteiger partial charge on any atom is -0.466 e. The van der Waals surface area contributed by atoms with Gasteiger partial charge in [-0.3, -0.25) is 9.78 Å². The summed E-state index contributed by atoms with van der Waals surface area (Å²) in [7, 11) is 1.28. The summed E-state index contributed by atoms with van der Waals surface area (Å²) in [6, 6.07) is 5.60. The molecular formula is C14H13N3O3S. The molecule has 1 atom stereocenters. The van der Waals surface area contributed by atoms with Crippen molar-refractivity contribution in [3.63, 3.8) is 0 Å². The van der Waals surface area contributed by atoms with E-state index in [1.54, 1.807) is 19.3 Å². The van der Waals surface area contributed by atoms with Gasteiger partial charge in [0.25, 0.3) is 5.91 Å². The highest BCUT2D eigenvalue weighted by Crippen LogP contribution is 2.37. The predicted molar refractivity (Wildman–Crippen MR) is 79.1 cm³/mol. The maximum atomic E-state index is 12.2. The molecule has 21 heavy (non-hydrogen) atoms. The lowest BCUT2D eigenvalue weighted by molar-refractivity contribution is -0.146. The van der Waals surface area contributed by atoms with Crippen LogP contribution < -0.4 is 10.6 Å². The standard InChI is InChI=1S/C14H13N3O3S/c1-14(13(19)20-2)16-9-7-10(8-3-5-15-6-4-8)21-11(9)12(18)17-14/h3-7,16H,1-2H3,(H,17,18). The van der Waals surface area contributed by atoms with Gasteiger partial charge in [-0.25, -0.2) is 4.79 Å². The quantitative estimate of drug-likeness (QED) is 0.828. The first-order valence-corrected chi connectivity index (χ1v) is 7.08. The van der Waals surface area contributed by atoms with E-state index in [1.165, 1.54) is 18.4 Å². The molecule has 0 spiro atoms. The molecular weight excluding hydrogens is 290 g/mol. The van der Waals surface area contributed by atoms with Gasteiger partial charge in [0.1, 0.15) is 4.88 Å². The van der Waals surface area contributed by atoms with E-state index in [0.29, 0.717) is 10.6 Å². The summed E-state index contributed by atoms with van der Waals surface area (Å²) in [5.41, 5.74) is 0.345. The van der Waals surface area contributed by atoms with Crippen LogP contribution in [0.5, 0.6) is 0 Å². The molecule has 0 radical (unpaired) electrons. The molecule has 0 fully saturated rings. The number of hydrogen-bond donors (Lipinski definition) is 2. The molecule has 3 rings (SSSR count). The molecule has 1 aliphatic heterocycles. The number of nitrogens with zero attached hydrogens (tertiary/aromatic N) is 1. The topological polar surface area (TPSA) is 80.3 Å². The third-order valence-electron chi connectivity index (χ3n) is 3.24. The molecule has 6 nitrogen and oxygen atoms in total. The molecule has 7 heteroatoms. The molecule has 2 aromatic heterocycles. The Kier molecular flexibility index (Phi) is 3.13. The molecule has 1 unspecified atom stereocenters. The van der Waals surface area contributed by atoms with Gasteiger partial charge in [-0.15, -0.1) is 11.3 Å². The normalized spacial score (nSPS) is 20.2. The maximum Gasteiger partial charge on any atom is 0.352 e. The minimum absolute atomic E-state index is 0.290. The Morgan fingerprint density at radius 2 is 2.05 bits per heavy atom. The lowest BCUT2D eigenvalue weighted by Gasteiger charge is -2.33. The maximum absolute atomic E-state index is 12.2. The van der Waals surface area contributed by atoms with E-state index in [9.17, 15) is 9.59 Å². The first-order valence-electron chi connectivity index (χ1n) is 6.27. The fourth-order valence-electron chi connectivity index (χ4n) is 2.20. The number of fused-ring (bicyclic) bond motifs is 1. The van der Waals surface area contributed by atoms with Crippen LogP contribution in [0.4, 0.5) is 5.69 Å². The van der Waals surface area contributed by atoms with Crippen LogP contribution in [0.2, 0.25) is 0 Å². The zero-order valence-corrected chi connectivity index (χ0v) is 12.3. The van der Waals surface area contributed by atoms with E-state index in [4.69, 9.17) is 4.74 Å². The Labute approximate surface area is 125 Å². The largest absolute Gasteiger partial charge is 0.466 e. The summed E-state index contributed by atoms with van der Waals surface area (Å²) in [5, 5.41) is 5.67.